The molecule has 16 heavy (non-hydrogen) atoms. The number of carboxylic acids is 1. The molecule has 0 spiro atoms. The number of carbonyl (C=O) groups is 1. The van der Waals surface area contributed by atoms with Crippen LogP contribution < -0.4 is 5.32 Å². The first-order valence-electron chi connectivity index (χ1n) is 4.71. The summed E-state index contributed by atoms with van der Waals surface area (Å²) in [5.74, 6) is 0.308. The van der Waals surface area contributed by atoms with Crippen molar-refractivity contribution in [2.45, 2.75) is 6.54 Å². The number of rotatable bonds is 4. The van der Waals surface area contributed by atoms with Gasteiger partial charge in [0.05, 0.1) is 18.4 Å². The first kappa shape index (κ1) is 10.2. The second-order valence-electron chi connectivity index (χ2n) is 3.17. The fourth-order valence-corrected chi connectivity index (χ4v) is 1.25. The lowest BCUT2D eigenvalue weighted by molar-refractivity contribution is 0.0697. The topological polar surface area (TPSA) is 75.4 Å². The van der Waals surface area contributed by atoms with Gasteiger partial charge in [0.25, 0.3) is 0 Å². The molecule has 0 aromatic carbocycles. The molecule has 5 nitrogen and oxygen atoms in total. The molecule has 0 bridgehead atoms. The highest BCUT2D eigenvalue weighted by atomic mass is 16.4. The van der Waals surface area contributed by atoms with Crippen LogP contribution in [0.4, 0.5) is 5.82 Å². The first-order chi connectivity index (χ1) is 7.75. The summed E-state index contributed by atoms with van der Waals surface area (Å²) in [5.41, 5.74) is 0.206. The summed E-state index contributed by atoms with van der Waals surface area (Å²) in [6, 6.07) is 6.54. The highest BCUT2D eigenvalue weighted by Gasteiger charge is 2.04. The van der Waals surface area contributed by atoms with Crippen LogP contribution in [-0.2, 0) is 6.54 Å². The van der Waals surface area contributed by atoms with Crippen molar-refractivity contribution in [3.8, 4) is 0 Å². The Bertz CT molecular complexity index is 480. The first-order valence-corrected chi connectivity index (χ1v) is 4.71. The maximum atomic E-state index is 10.7. The molecule has 0 saturated carbocycles. The Hall–Kier alpha value is -2.30. The van der Waals surface area contributed by atoms with Crippen LogP contribution in [0.3, 0.4) is 0 Å². The molecular formula is C11H10N2O3. The fraction of sp³-hybridized carbons (Fsp3) is 0.0909. The Labute approximate surface area is 91.7 Å². The molecule has 2 rings (SSSR count). The van der Waals surface area contributed by atoms with E-state index in [0.29, 0.717) is 12.4 Å². The fourth-order valence-electron chi connectivity index (χ4n) is 1.25. The average Bonchev–Trinajstić information content (AvgIpc) is 2.79. The highest BCUT2D eigenvalue weighted by molar-refractivity contribution is 5.88. The molecule has 82 valence electrons. The predicted octanol–water partition coefficient (Wildman–Crippen LogP) is 1.98. The zero-order valence-corrected chi connectivity index (χ0v) is 8.38. The van der Waals surface area contributed by atoms with Gasteiger partial charge < -0.3 is 14.8 Å². The largest absolute Gasteiger partial charge is 0.478 e. The van der Waals surface area contributed by atoms with E-state index in [0.717, 1.165) is 5.76 Å². The number of anilines is 1. The van der Waals surface area contributed by atoms with E-state index in [1.165, 1.54) is 18.3 Å². The maximum Gasteiger partial charge on any atom is 0.335 e. The van der Waals surface area contributed by atoms with Crippen molar-refractivity contribution in [3.63, 3.8) is 0 Å². The van der Waals surface area contributed by atoms with Gasteiger partial charge in [0.1, 0.15) is 11.6 Å². The average molecular weight is 218 g/mol. The smallest absolute Gasteiger partial charge is 0.335 e. The van der Waals surface area contributed by atoms with E-state index >= 15 is 0 Å². The molecule has 2 aromatic heterocycles. The normalized spacial score (nSPS) is 10.0. The van der Waals surface area contributed by atoms with Gasteiger partial charge in [0.2, 0.25) is 0 Å². The van der Waals surface area contributed by atoms with Gasteiger partial charge >= 0.3 is 5.97 Å². The van der Waals surface area contributed by atoms with Gasteiger partial charge in [-0.3, -0.25) is 0 Å². The van der Waals surface area contributed by atoms with E-state index in [2.05, 4.69) is 10.3 Å². The summed E-state index contributed by atoms with van der Waals surface area (Å²) in [7, 11) is 0. The SMILES string of the molecule is O=C(O)c1ccnc(NCc2ccco2)c1. The van der Waals surface area contributed by atoms with Gasteiger partial charge in [-0.2, -0.15) is 0 Å². The summed E-state index contributed by atoms with van der Waals surface area (Å²) in [6.07, 6.45) is 3.03. The van der Waals surface area contributed by atoms with E-state index < -0.39 is 5.97 Å². The Morgan fingerprint density at radius 3 is 3.06 bits per heavy atom. The van der Waals surface area contributed by atoms with Crippen LogP contribution in [0.25, 0.3) is 0 Å². The number of nitrogens with zero attached hydrogens (tertiary/aromatic N) is 1. The van der Waals surface area contributed by atoms with Crippen LogP contribution in [0.15, 0.2) is 41.1 Å². The minimum absolute atomic E-state index is 0.206. The molecule has 2 aromatic rings. The van der Waals surface area contributed by atoms with Crippen LogP contribution >= 0.6 is 0 Å². The van der Waals surface area contributed by atoms with Crippen LogP contribution in [-0.4, -0.2) is 16.1 Å². The third-order valence-electron chi connectivity index (χ3n) is 2.03. The number of hydrogen-bond donors (Lipinski definition) is 2. The van der Waals surface area contributed by atoms with Gasteiger partial charge in [-0.05, 0) is 24.3 Å². The maximum absolute atomic E-state index is 10.7. The molecule has 0 aliphatic heterocycles. The van der Waals surface area contributed by atoms with Crippen molar-refractivity contribution >= 4 is 11.8 Å². The molecule has 2 N–H and O–H groups in total. The molecule has 0 fully saturated rings. The third-order valence-corrected chi connectivity index (χ3v) is 2.03. The molecule has 0 amide bonds. The number of carboxylic acid groups (broad SMARTS) is 1. The lowest BCUT2D eigenvalue weighted by Crippen LogP contribution is -2.03. The Balaban J connectivity index is 2.04. The minimum atomic E-state index is -0.969. The van der Waals surface area contributed by atoms with Crippen molar-refractivity contribution in [1.29, 1.82) is 0 Å². The number of aromatic carboxylic acids is 1. The number of nitrogens with one attached hydrogen (secondary N) is 1. The quantitative estimate of drug-likeness (QED) is 0.820. The summed E-state index contributed by atoms with van der Waals surface area (Å²) < 4.78 is 5.13. The monoisotopic (exact) mass is 218 g/mol. The van der Waals surface area contributed by atoms with Crippen molar-refractivity contribution in [1.82, 2.24) is 4.98 Å². The Morgan fingerprint density at radius 1 is 1.50 bits per heavy atom. The molecular weight excluding hydrogens is 208 g/mol. The summed E-state index contributed by atoms with van der Waals surface area (Å²) in [4.78, 5) is 14.7. The molecule has 0 atom stereocenters. The summed E-state index contributed by atoms with van der Waals surface area (Å²) in [6.45, 7) is 0.475. The van der Waals surface area contributed by atoms with Gasteiger partial charge in [0, 0.05) is 6.20 Å². The van der Waals surface area contributed by atoms with Crippen molar-refractivity contribution < 1.29 is 14.3 Å². The Morgan fingerprint density at radius 2 is 2.38 bits per heavy atom. The molecule has 0 radical (unpaired) electrons. The summed E-state index contributed by atoms with van der Waals surface area (Å²) in [5, 5.41) is 11.8. The van der Waals surface area contributed by atoms with E-state index in [-0.39, 0.29) is 5.56 Å². The van der Waals surface area contributed by atoms with Gasteiger partial charge in [-0.1, -0.05) is 0 Å². The molecule has 0 saturated heterocycles. The van der Waals surface area contributed by atoms with Gasteiger partial charge in [-0.15, -0.1) is 0 Å². The second kappa shape index (κ2) is 4.48. The van der Waals surface area contributed by atoms with Crippen LogP contribution in [0.5, 0.6) is 0 Å². The zero-order chi connectivity index (χ0) is 11.4. The van der Waals surface area contributed by atoms with Crippen molar-refractivity contribution in [3.05, 3.63) is 48.0 Å². The van der Waals surface area contributed by atoms with Crippen LogP contribution in [0, 0.1) is 0 Å². The lowest BCUT2D eigenvalue weighted by Gasteiger charge is -2.03. The molecule has 5 heteroatoms. The zero-order valence-electron chi connectivity index (χ0n) is 8.38. The van der Waals surface area contributed by atoms with E-state index in [1.54, 1.807) is 12.3 Å². The van der Waals surface area contributed by atoms with E-state index in [1.807, 2.05) is 6.07 Å². The molecule has 0 unspecified atom stereocenters. The molecule has 0 aliphatic rings. The van der Waals surface area contributed by atoms with E-state index in [9.17, 15) is 4.79 Å². The number of pyridine rings is 1. The molecule has 0 aliphatic carbocycles. The van der Waals surface area contributed by atoms with Crippen LogP contribution in [0.2, 0.25) is 0 Å². The predicted molar refractivity (Wildman–Crippen MR) is 57.2 cm³/mol. The third kappa shape index (κ3) is 2.38. The highest BCUT2D eigenvalue weighted by Crippen LogP contribution is 2.09. The van der Waals surface area contributed by atoms with Crippen molar-refractivity contribution in [2.24, 2.45) is 0 Å². The van der Waals surface area contributed by atoms with Crippen LogP contribution in [0.1, 0.15) is 16.1 Å². The summed E-state index contributed by atoms with van der Waals surface area (Å²) >= 11 is 0. The number of furan rings is 1. The second-order valence-corrected chi connectivity index (χ2v) is 3.17. The number of hydrogen-bond acceptors (Lipinski definition) is 4. The Kier molecular flexibility index (Phi) is 2.86. The van der Waals surface area contributed by atoms with Gasteiger partial charge in [-0.25, -0.2) is 9.78 Å². The van der Waals surface area contributed by atoms with Gasteiger partial charge in [0.15, 0.2) is 0 Å². The van der Waals surface area contributed by atoms with Crippen molar-refractivity contribution in [2.75, 3.05) is 5.32 Å². The lowest BCUT2D eigenvalue weighted by atomic mass is 10.2. The minimum Gasteiger partial charge on any atom is -0.478 e. The standard InChI is InChI=1S/C11H10N2O3/c14-11(15)8-3-4-12-10(6-8)13-7-9-2-1-5-16-9/h1-6H,7H2,(H,12,13)(H,14,15). The molecule has 2 heterocycles. The number of aromatic nitrogens is 1. The van der Waals surface area contributed by atoms with E-state index in [4.69, 9.17) is 9.52 Å².